The van der Waals surface area contributed by atoms with Crippen LogP contribution in [0, 0.1) is 0 Å². The van der Waals surface area contributed by atoms with Crippen LogP contribution in [-0.2, 0) is 9.47 Å². The standard InChI is InChI=1S/C28H54O2/c1-6-7-8-9-10-11-12-13-14-15-16-17-18-19-21-26(2)22-20-23-27(3)24-25-28(29-4)30-5/h21,23,28H,6-20,22,24-25H2,1-5H3/b26-21+,27-23-. The molecular formula is C28H54O2. The Labute approximate surface area is 189 Å². The SMILES string of the molecule is CCCCCCCCCCCCCCC/C=C(\C)CC/C=C(/C)CCC(OC)OC. The van der Waals surface area contributed by atoms with E-state index in [0.29, 0.717) is 0 Å². The van der Waals surface area contributed by atoms with Crippen molar-refractivity contribution in [2.24, 2.45) is 0 Å². The molecular weight excluding hydrogens is 368 g/mol. The van der Waals surface area contributed by atoms with Crippen molar-refractivity contribution in [2.75, 3.05) is 14.2 Å². The summed E-state index contributed by atoms with van der Waals surface area (Å²) >= 11 is 0. The Balaban J connectivity index is 3.50. The minimum absolute atomic E-state index is 0.0738. The number of allylic oxidation sites excluding steroid dienone is 4. The normalized spacial score (nSPS) is 12.9. The number of methoxy groups -OCH3 is 2. The van der Waals surface area contributed by atoms with Crippen molar-refractivity contribution in [1.82, 2.24) is 0 Å². The Morgan fingerprint density at radius 3 is 1.53 bits per heavy atom. The van der Waals surface area contributed by atoms with Crippen molar-refractivity contribution in [1.29, 1.82) is 0 Å². The molecule has 2 heteroatoms. The summed E-state index contributed by atoms with van der Waals surface area (Å²) in [5.41, 5.74) is 2.99. The molecule has 30 heavy (non-hydrogen) atoms. The summed E-state index contributed by atoms with van der Waals surface area (Å²) in [5, 5.41) is 0. The first-order chi connectivity index (χ1) is 14.6. The Kier molecular flexibility index (Phi) is 22.6. The number of hydrogen-bond acceptors (Lipinski definition) is 2. The molecule has 0 aromatic heterocycles. The summed E-state index contributed by atoms with van der Waals surface area (Å²) in [6, 6.07) is 0. The zero-order valence-electron chi connectivity index (χ0n) is 21.3. The van der Waals surface area contributed by atoms with Gasteiger partial charge in [0, 0.05) is 20.6 Å². The molecule has 0 aromatic rings. The molecule has 0 spiro atoms. The molecule has 2 nitrogen and oxygen atoms in total. The fourth-order valence-electron chi connectivity index (χ4n) is 3.94. The zero-order valence-corrected chi connectivity index (χ0v) is 21.3. The molecule has 0 rings (SSSR count). The van der Waals surface area contributed by atoms with E-state index in [1.165, 1.54) is 102 Å². The van der Waals surface area contributed by atoms with Crippen LogP contribution in [0.25, 0.3) is 0 Å². The van der Waals surface area contributed by atoms with Gasteiger partial charge in [-0.05, 0) is 46.0 Å². The summed E-state index contributed by atoms with van der Waals surface area (Å²) in [5.74, 6) is 0. The Hall–Kier alpha value is -0.600. The lowest BCUT2D eigenvalue weighted by molar-refractivity contribution is -0.105. The van der Waals surface area contributed by atoms with Gasteiger partial charge in [0.25, 0.3) is 0 Å². The van der Waals surface area contributed by atoms with Gasteiger partial charge in [0.05, 0.1) is 0 Å². The van der Waals surface area contributed by atoms with E-state index in [-0.39, 0.29) is 6.29 Å². The Bertz CT molecular complexity index is 407. The van der Waals surface area contributed by atoms with Crippen LogP contribution in [0.5, 0.6) is 0 Å². The van der Waals surface area contributed by atoms with Gasteiger partial charge in [-0.25, -0.2) is 0 Å². The molecule has 0 aliphatic rings. The lowest BCUT2D eigenvalue weighted by Gasteiger charge is -2.13. The topological polar surface area (TPSA) is 18.5 Å². The van der Waals surface area contributed by atoms with Gasteiger partial charge in [-0.15, -0.1) is 0 Å². The van der Waals surface area contributed by atoms with Crippen LogP contribution in [0.3, 0.4) is 0 Å². The van der Waals surface area contributed by atoms with Gasteiger partial charge in [-0.2, -0.15) is 0 Å². The first-order valence-electron chi connectivity index (χ1n) is 13.0. The summed E-state index contributed by atoms with van der Waals surface area (Å²) in [6.45, 7) is 6.80. The molecule has 0 fully saturated rings. The van der Waals surface area contributed by atoms with E-state index in [9.17, 15) is 0 Å². The summed E-state index contributed by atoms with van der Waals surface area (Å²) in [7, 11) is 3.41. The summed E-state index contributed by atoms with van der Waals surface area (Å²) < 4.78 is 10.5. The second kappa shape index (κ2) is 23.1. The number of unbranched alkanes of at least 4 members (excludes halogenated alkanes) is 13. The highest BCUT2D eigenvalue weighted by molar-refractivity contribution is 5.03. The first kappa shape index (κ1) is 29.4. The maximum absolute atomic E-state index is 5.25. The third-order valence-electron chi connectivity index (χ3n) is 6.13. The highest BCUT2D eigenvalue weighted by Gasteiger charge is 2.04. The second-order valence-electron chi connectivity index (χ2n) is 9.11. The van der Waals surface area contributed by atoms with Crippen molar-refractivity contribution in [3.63, 3.8) is 0 Å². The minimum Gasteiger partial charge on any atom is -0.356 e. The van der Waals surface area contributed by atoms with E-state index in [0.717, 1.165) is 19.3 Å². The van der Waals surface area contributed by atoms with Crippen LogP contribution < -0.4 is 0 Å². The second-order valence-corrected chi connectivity index (χ2v) is 9.11. The molecule has 0 atom stereocenters. The van der Waals surface area contributed by atoms with Crippen LogP contribution in [0.15, 0.2) is 23.3 Å². The number of rotatable bonds is 22. The van der Waals surface area contributed by atoms with E-state index in [1.54, 1.807) is 19.8 Å². The van der Waals surface area contributed by atoms with E-state index in [4.69, 9.17) is 9.47 Å². The number of ether oxygens (including phenoxy) is 2. The lowest BCUT2D eigenvalue weighted by atomic mass is 10.0. The van der Waals surface area contributed by atoms with Crippen molar-refractivity contribution in [2.45, 2.75) is 143 Å². The highest BCUT2D eigenvalue weighted by atomic mass is 16.7. The maximum Gasteiger partial charge on any atom is 0.157 e. The zero-order chi connectivity index (χ0) is 22.3. The van der Waals surface area contributed by atoms with Gasteiger partial charge in [-0.3, -0.25) is 0 Å². The fraction of sp³-hybridized carbons (Fsp3) is 0.857. The van der Waals surface area contributed by atoms with Gasteiger partial charge in [0.2, 0.25) is 0 Å². The van der Waals surface area contributed by atoms with Crippen LogP contribution >= 0.6 is 0 Å². The molecule has 0 unspecified atom stereocenters. The predicted octanol–water partition coefficient (Wildman–Crippen LogP) is 9.54. The highest BCUT2D eigenvalue weighted by Crippen LogP contribution is 2.15. The molecule has 0 aliphatic heterocycles. The largest absolute Gasteiger partial charge is 0.356 e. The van der Waals surface area contributed by atoms with E-state index in [1.807, 2.05) is 0 Å². The van der Waals surface area contributed by atoms with Crippen LogP contribution in [-0.4, -0.2) is 20.5 Å². The molecule has 178 valence electrons. The van der Waals surface area contributed by atoms with Crippen LogP contribution in [0.4, 0.5) is 0 Å². The fourth-order valence-corrected chi connectivity index (χ4v) is 3.94. The van der Waals surface area contributed by atoms with Crippen molar-refractivity contribution in [3.8, 4) is 0 Å². The lowest BCUT2D eigenvalue weighted by Crippen LogP contribution is -2.12. The molecule has 0 saturated carbocycles. The third kappa shape index (κ3) is 20.7. The van der Waals surface area contributed by atoms with Gasteiger partial charge in [-0.1, -0.05) is 107 Å². The summed E-state index contributed by atoms with van der Waals surface area (Å²) in [6.07, 6.45) is 29.0. The van der Waals surface area contributed by atoms with Gasteiger partial charge < -0.3 is 9.47 Å². The Morgan fingerprint density at radius 2 is 1.03 bits per heavy atom. The van der Waals surface area contributed by atoms with E-state index < -0.39 is 0 Å². The smallest absolute Gasteiger partial charge is 0.157 e. The van der Waals surface area contributed by atoms with E-state index >= 15 is 0 Å². The predicted molar refractivity (Wildman–Crippen MR) is 134 cm³/mol. The molecule has 0 amide bonds. The van der Waals surface area contributed by atoms with Crippen LogP contribution in [0.2, 0.25) is 0 Å². The number of hydrogen-bond donors (Lipinski definition) is 0. The summed E-state index contributed by atoms with van der Waals surface area (Å²) in [4.78, 5) is 0. The first-order valence-corrected chi connectivity index (χ1v) is 13.0. The molecule has 0 bridgehead atoms. The Morgan fingerprint density at radius 1 is 0.600 bits per heavy atom. The third-order valence-corrected chi connectivity index (χ3v) is 6.13. The molecule has 0 aromatic carbocycles. The molecule has 0 heterocycles. The molecule has 0 radical (unpaired) electrons. The minimum atomic E-state index is -0.0738. The van der Waals surface area contributed by atoms with Crippen molar-refractivity contribution >= 4 is 0 Å². The van der Waals surface area contributed by atoms with Gasteiger partial charge in [0.1, 0.15) is 0 Å². The molecule has 0 N–H and O–H groups in total. The molecule has 0 aliphatic carbocycles. The van der Waals surface area contributed by atoms with Crippen molar-refractivity contribution < 1.29 is 9.47 Å². The van der Waals surface area contributed by atoms with Gasteiger partial charge in [0.15, 0.2) is 6.29 Å². The average Bonchev–Trinajstić information content (AvgIpc) is 2.74. The van der Waals surface area contributed by atoms with Gasteiger partial charge >= 0.3 is 0 Å². The quantitative estimate of drug-likeness (QED) is 0.0982. The van der Waals surface area contributed by atoms with E-state index in [2.05, 4.69) is 32.9 Å². The maximum atomic E-state index is 5.25. The molecule has 0 saturated heterocycles. The van der Waals surface area contributed by atoms with Crippen LogP contribution in [0.1, 0.15) is 136 Å². The van der Waals surface area contributed by atoms with Crippen molar-refractivity contribution in [3.05, 3.63) is 23.3 Å². The monoisotopic (exact) mass is 422 g/mol. The average molecular weight is 423 g/mol.